The van der Waals surface area contributed by atoms with E-state index in [1.165, 1.54) is 12.1 Å². The number of aliphatic carboxylic acids is 1. The normalized spacial score (nSPS) is 11.2. The van der Waals surface area contributed by atoms with Crippen molar-refractivity contribution in [3.63, 3.8) is 0 Å². The highest BCUT2D eigenvalue weighted by Crippen LogP contribution is 2.29. The van der Waals surface area contributed by atoms with Crippen molar-refractivity contribution in [2.75, 3.05) is 5.73 Å². The molecule has 0 saturated carbocycles. The number of carboxylic acid groups (broad SMARTS) is 1. The van der Waals surface area contributed by atoms with E-state index in [1.54, 1.807) is 13.8 Å². The smallest absolute Gasteiger partial charge is 0.303 e. The van der Waals surface area contributed by atoms with Crippen LogP contribution in [0.15, 0.2) is 12.1 Å². The van der Waals surface area contributed by atoms with Crippen LogP contribution in [-0.4, -0.2) is 22.5 Å². The van der Waals surface area contributed by atoms with Gasteiger partial charge < -0.3 is 16.2 Å². The van der Waals surface area contributed by atoms with E-state index in [9.17, 15) is 9.59 Å². The van der Waals surface area contributed by atoms with Gasteiger partial charge in [0, 0.05) is 17.5 Å². The van der Waals surface area contributed by atoms with Crippen LogP contribution in [0.4, 0.5) is 5.69 Å². The Hall–Kier alpha value is -1.46. The van der Waals surface area contributed by atoms with Crippen molar-refractivity contribution < 1.29 is 14.7 Å². The molecule has 1 rings (SSSR count). The minimum Gasteiger partial charge on any atom is -0.481 e. The lowest BCUT2D eigenvalue weighted by Crippen LogP contribution is -2.43. The van der Waals surface area contributed by atoms with E-state index in [0.29, 0.717) is 6.42 Å². The summed E-state index contributed by atoms with van der Waals surface area (Å²) in [5.74, 6) is -1.30. The van der Waals surface area contributed by atoms with Gasteiger partial charge in [-0.25, -0.2) is 0 Å². The summed E-state index contributed by atoms with van der Waals surface area (Å²) in [7, 11) is 0. The van der Waals surface area contributed by atoms with Crippen molar-refractivity contribution in [3.8, 4) is 0 Å². The number of nitrogens with one attached hydrogen (secondary N) is 1. The Morgan fingerprint density at radius 1 is 1.30 bits per heavy atom. The van der Waals surface area contributed by atoms with E-state index in [-0.39, 0.29) is 33.6 Å². The number of nitrogens with two attached hydrogens (primary N) is 1. The van der Waals surface area contributed by atoms with Crippen LogP contribution >= 0.6 is 23.2 Å². The van der Waals surface area contributed by atoms with Gasteiger partial charge >= 0.3 is 5.97 Å². The van der Waals surface area contributed by atoms with E-state index in [1.807, 2.05) is 0 Å². The van der Waals surface area contributed by atoms with Gasteiger partial charge in [0.05, 0.1) is 15.7 Å². The molecule has 0 saturated heterocycles. The molecule has 0 aromatic heterocycles. The van der Waals surface area contributed by atoms with E-state index in [4.69, 9.17) is 34.0 Å². The summed E-state index contributed by atoms with van der Waals surface area (Å²) in [5.41, 5.74) is 5.43. The molecule has 0 fully saturated rings. The average molecular weight is 319 g/mol. The number of nitrogen functional groups attached to an aromatic ring is 1. The number of hydrogen-bond donors (Lipinski definition) is 3. The van der Waals surface area contributed by atoms with Crippen LogP contribution in [0.2, 0.25) is 10.0 Å². The first-order chi connectivity index (χ1) is 9.12. The van der Waals surface area contributed by atoms with Gasteiger partial charge in [-0.1, -0.05) is 23.2 Å². The van der Waals surface area contributed by atoms with Gasteiger partial charge in [0.25, 0.3) is 5.91 Å². The Balaban J connectivity index is 2.83. The highest BCUT2D eigenvalue weighted by atomic mass is 35.5. The number of anilines is 1. The number of hydrogen-bond acceptors (Lipinski definition) is 3. The van der Waals surface area contributed by atoms with Crippen LogP contribution in [0.3, 0.4) is 0 Å². The van der Waals surface area contributed by atoms with Gasteiger partial charge in [0.2, 0.25) is 0 Å². The summed E-state index contributed by atoms with van der Waals surface area (Å²) in [5, 5.41) is 11.8. The minimum atomic E-state index is -0.911. The molecule has 1 amide bonds. The summed E-state index contributed by atoms with van der Waals surface area (Å²) < 4.78 is 0. The quantitative estimate of drug-likeness (QED) is 0.728. The molecule has 0 atom stereocenters. The maximum absolute atomic E-state index is 12.1. The summed E-state index contributed by atoms with van der Waals surface area (Å²) >= 11 is 11.7. The van der Waals surface area contributed by atoms with Gasteiger partial charge in [-0.2, -0.15) is 0 Å². The molecular formula is C13H16Cl2N2O3. The number of halogens is 2. The summed E-state index contributed by atoms with van der Waals surface area (Å²) in [4.78, 5) is 22.7. The Bertz CT molecular complexity index is 521. The molecule has 4 N–H and O–H groups in total. The van der Waals surface area contributed by atoms with Crippen LogP contribution in [0.25, 0.3) is 0 Å². The standard InChI is InChI=1S/C13H16Cl2N2O3/c1-13(2,4-3-10(18)19)17-12(20)7-5-8(14)11(16)9(15)6-7/h5-6H,3-4,16H2,1-2H3,(H,17,20)(H,18,19). The summed E-state index contributed by atoms with van der Waals surface area (Å²) in [6, 6.07) is 2.84. The Kier molecular flexibility index (Phi) is 5.25. The highest BCUT2D eigenvalue weighted by molar-refractivity contribution is 6.39. The van der Waals surface area contributed by atoms with E-state index in [0.717, 1.165) is 0 Å². The van der Waals surface area contributed by atoms with Gasteiger partial charge in [0.15, 0.2) is 0 Å². The van der Waals surface area contributed by atoms with Crippen molar-refractivity contribution in [1.82, 2.24) is 5.32 Å². The lowest BCUT2D eigenvalue weighted by atomic mass is 9.97. The first-order valence-corrected chi connectivity index (χ1v) is 6.67. The molecule has 0 heterocycles. The van der Waals surface area contributed by atoms with E-state index >= 15 is 0 Å². The molecule has 0 bridgehead atoms. The Morgan fingerprint density at radius 3 is 2.25 bits per heavy atom. The second-order valence-corrected chi connectivity index (χ2v) is 5.90. The SMILES string of the molecule is CC(C)(CCC(=O)O)NC(=O)c1cc(Cl)c(N)c(Cl)c1. The van der Waals surface area contributed by atoms with Crippen LogP contribution in [0.1, 0.15) is 37.0 Å². The fraction of sp³-hybridized carbons (Fsp3) is 0.385. The molecule has 1 aromatic rings. The monoisotopic (exact) mass is 318 g/mol. The highest BCUT2D eigenvalue weighted by Gasteiger charge is 2.23. The average Bonchev–Trinajstić information content (AvgIpc) is 2.32. The molecule has 0 unspecified atom stereocenters. The molecule has 1 aromatic carbocycles. The third-order valence-corrected chi connectivity index (χ3v) is 3.38. The van der Waals surface area contributed by atoms with Gasteiger partial charge in [0.1, 0.15) is 0 Å². The zero-order valence-corrected chi connectivity index (χ0v) is 12.7. The fourth-order valence-corrected chi connectivity index (χ4v) is 2.06. The fourth-order valence-electron chi connectivity index (χ4n) is 1.58. The molecule has 5 nitrogen and oxygen atoms in total. The molecular weight excluding hydrogens is 303 g/mol. The molecule has 0 radical (unpaired) electrons. The molecule has 110 valence electrons. The Morgan fingerprint density at radius 2 is 1.80 bits per heavy atom. The van der Waals surface area contributed by atoms with Crippen molar-refractivity contribution in [2.45, 2.75) is 32.2 Å². The molecule has 0 aliphatic heterocycles. The zero-order valence-electron chi connectivity index (χ0n) is 11.2. The van der Waals surface area contributed by atoms with Gasteiger partial charge in [-0.3, -0.25) is 9.59 Å². The summed E-state index contributed by atoms with van der Waals surface area (Å²) in [6.45, 7) is 3.49. The lowest BCUT2D eigenvalue weighted by Gasteiger charge is -2.25. The maximum Gasteiger partial charge on any atom is 0.303 e. The number of amides is 1. The summed E-state index contributed by atoms with van der Waals surface area (Å²) in [6.07, 6.45) is 0.279. The first-order valence-electron chi connectivity index (χ1n) is 5.91. The minimum absolute atomic E-state index is 0.0312. The van der Waals surface area contributed by atoms with Crippen LogP contribution < -0.4 is 11.1 Å². The zero-order chi connectivity index (χ0) is 15.5. The van der Waals surface area contributed by atoms with Crippen LogP contribution in [-0.2, 0) is 4.79 Å². The lowest BCUT2D eigenvalue weighted by molar-refractivity contribution is -0.137. The van der Waals surface area contributed by atoms with Gasteiger partial charge in [-0.05, 0) is 32.4 Å². The topological polar surface area (TPSA) is 92.4 Å². The predicted octanol–water partition coefficient (Wildman–Crippen LogP) is 2.95. The second-order valence-electron chi connectivity index (χ2n) is 5.09. The molecule has 0 aliphatic carbocycles. The molecule has 0 aliphatic rings. The maximum atomic E-state index is 12.1. The number of carboxylic acids is 1. The van der Waals surface area contributed by atoms with E-state index in [2.05, 4.69) is 5.32 Å². The van der Waals surface area contributed by atoms with Crippen LogP contribution in [0.5, 0.6) is 0 Å². The third-order valence-electron chi connectivity index (χ3n) is 2.76. The van der Waals surface area contributed by atoms with Crippen LogP contribution in [0, 0.1) is 0 Å². The predicted molar refractivity (Wildman–Crippen MR) is 79.3 cm³/mol. The first kappa shape index (κ1) is 16.6. The van der Waals surface area contributed by atoms with Gasteiger partial charge in [-0.15, -0.1) is 0 Å². The van der Waals surface area contributed by atoms with Crippen molar-refractivity contribution in [2.24, 2.45) is 0 Å². The molecule has 0 spiro atoms. The van der Waals surface area contributed by atoms with Crippen molar-refractivity contribution >= 4 is 40.8 Å². The Labute approximate surface area is 127 Å². The number of rotatable bonds is 5. The number of carbonyl (C=O) groups is 2. The van der Waals surface area contributed by atoms with E-state index < -0.39 is 11.5 Å². The number of carbonyl (C=O) groups excluding carboxylic acids is 1. The third kappa shape index (κ3) is 4.58. The molecule has 7 heteroatoms. The largest absolute Gasteiger partial charge is 0.481 e. The van der Waals surface area contributed by atoms with Crippen molar-refractivity contribution in [1.29, 1.82) is 0 Å². The number of benzene rings is 1. The molecule has 20 heavy (non-hydrogen) atoms. The van der Waals surface area contributed by atoms with Crippen molar-refractivity contribution in [3.05, 3.63) is 27.7 Å². The second kappa shape index (κ2) is 6.33.